The van der Waals surface area contributed by atoms with Gasteiger partial charge in [-0.3, -0.25) is 9.59 Å². The van der Waals surface area contributed by atoms with Crippen molar-refractivity contribution in [3.05, 3.63) is 30.1 Å². The molecule has 0 saturated carbocycles. The van der Waals surface area contributed by atoms with Crippen LogP contribution in [-0.4, -0.2) is 55.5 Å². The van der Waals surface area contributed by atoms with Crippen LogP contribution in [-0.2, 0) is 14.3 Å². The van der Waals surface area contributed by atoms with Crippen molar-refractivity contribution in [1.29, 1.82) is 0 Å². The molecule has 1 aromatic carbocycles. The molecule has 1 aromatic rings. The smallest absolute Gasteiger partial charge is 0.310 e. The molecular weight excluding hydrogens is 478 g/mol. The van der Waals surface area contributed by atoms with E-state index in [0.29, 0.717) is 31.3 Å². The molecule has 0 bridgehead atoms. The first kappa shape index (κ1) is 24.1. The predicted octanol–water partition coefficient (Wildman–Crippen LogP) is 2.62. The fourth-order valence-electron chi connectivity index (χ4n) is 2.96. The summed E-state index contributed by atoms with van der Waals surface area (Å²) in [6, 6.07) is 5.71. The quantitative estimate of drug-likeness (QED) is 0.268. The van der Waals surface area contributed by atoms with E-state index in [2.05, 4.69) is 15.6 Å². The van der Waals surface area contributed by atoms with Crippen LogP contribution in [0.3, 0.4) is 0 Å². The second kappa shape index (κ2) is 12.5. The van der Waals surface area contributed by atoms with E-state index in [9.17, 15) is 14.0 Å². The van der Waals surface area contributed by atoms with Crippen LogP contribution in [0.4, 0.5) is 10.1 Å². The molecule has 0 radical (unpaired) electrons. The Morgan fingerprint density at radius 2 is 2.14 bits per heavy atom. The summed E-state index contributed by atoms with van der Waals surface area (Å²) >= 11 is 0. The number of halogens is 2. The van der Waals surface area contributed by atoms with Crippen molar-refractivity contribution in [3.8, 4) is 0 Å². The van der Waals surface area contributed by atoms with Crippen LogP contribution in [0.1, 0.15) is 26.7 Å². The van der Waals surface area contributed by atoms with E-state index in [-0.39, 0.29) is 48.3 Å². The van der Waals surface area contributed by atoms with Crippen molar-refractivity contribution in [2.45, 2.75) is 26.7 Å². The van der Waals surface area contributed by atoms with Gasteiger partial charge in [-0.15, -0.1) is 24.0 Å². The van der Waals surface area contributed by atoms with Gasteiger partial charge in [-0.2, -0.15) is 0 Å². The molecule has 1 unspecified atom stereocenters. The topological polar surface area (TPSA) is 83.0 Å². The molecule has 156 valence electrons. The van der Waals surface area contributed by atoms with Gasteiger partial charge in [0.25, 0.3) is 0 Å². The van der Waals surface area contributed by atoms with Gasteiger partial charge in [0.1, 0.15) is 12.4 Å². The number of aliphatic imine (C=N–C) groups is 1. The van der Waals surface area contributed by atoms with E-state index in [1.54, 1.807) is 13.0 Å². The maximum Gasteiger partial charge on any atom is 0.310 e. The molecule has 1 atom stereocenters. The number of rotatable bonds is 6. The number of piperidine rings is 1. The number of hydrogen-bond acceptors (Lipinski definition) is 4. The lowest BCUT2D eigenvalue weighted by atomic mass is 9.98. The second-order valence-corrected chi connectivity index (χ2v) is 6.27. The Labute approximate surface area is 182 Å². The van der Waals surface area contributed by atoms with Crippen molar-refractivity contribution in [3.63, 3.8) is 0 Å². The molecule has 1 heterocycles. The van der Waals surface area contributed by atoms with E-state index in [4.69, 9.17) is 4.74 Å². The molecule has 28 heavy (non-hydrogen) atoms. The summed E-state index contributed by atoms with van der Waals surface area (Å²) in [5.41, 5.74) is 0.389. The maximum absolute atomic E-state index is 13.2. The fraction of sp³-hybridized carbons (Fsp3) is 0.526. The zero-order valence-electron chi connectivity index (χ0n) is 16.2. The molecule has 2 N–H and O–H groups in total. The van der Waals surface area contributed by atoms with Crippen molar-refractivity contribution in [2.24, 2.45) is 10.9 Å². The van der Waals surface area contributed by atoms with Gasteiger partial charge in [0.15, 0.2) is 5.96 Å². The summed E-state index contributed by atoms with van der Waals surface area (Å²) in [4.78, 5) is 30.5. The largest absolute Gasteiger partial charge is 0.466 e. The van der Waals surface area contributed by atoms with E-state index in [0.717, 1.165) is 19.4 Å². The van der Waals surface area contributed by atoms with Gasteiger partial charge >= 0.3 is 5.97 Å². The minimum absolute atomic E-state index is 0. The van der Waals surface area contributed by atoms with Crippen molar-refractivity contribution in [1.82, 2.24) is 10.2 Å². The van der Waals surface area contributed by atoms with Gasteiger partial charge in [0, 0.05) is 25.3 Å². The number of nitrogens with zero attached hydrogens (tertiary/aromatic N) is 2. The molecule has 2 rings (SSSR count). The molecule has 1 fully saturated rings. The third kappa shape index (κ3) is 7.61. The molecule has 0 aliphatic carbocycles. The highest BCUT2D eigenvalue weighted by Gasteiger charge is 2.28. The van der Waals surface area contributed by atoms with E-state index >= 15 is 0 Å². The van der Waals surface area contributed by atoms with Crippen LogP contribution in [0.25, 0.3) is 0 Å². The van der Waals surface area contributed by atoms with E-state index in [1.807, 2.05) is 11.8 Å². The Bertz CT molecular complexity index is 687. The molecule has 0 aromatic heterocycles. The van der Waals surface area contributed by atoms with Crippen molar-refractivity contribution >= 4 is 47.5 Å². The van der Waals surface area contributed by atoms with Crippen molar-refractivity contribution < 1.29 is 18.7 Å². The highest BCUT2D eigenvalue weighted by Crippen LogP contribution is 2.18. The lowest BCUT2D eigenvalue weighted by Crippen LogP contribution is -2.48. The number of anilines is 1. The van der Waals surface area contributed by atoms with E-state index in [1.165, 1.54) is 18.2 Å². The van der Waals surface area contributed by atoms with Gasteiger partial charge in [-0.25, -0.2) is 9.38 Å². The summed E-state index contributed by atoms with van der Waals surface area (Å²) in [6.07, 6.45) is 1.64. The van der Waals surface area contributed by atoms with E-state index < -0.39 is 5.82 Å². The minimum Gasteiger partial charge on any atom is -0.466 e. The van der Waals surface area contributed by atoms with Gasteiger partial charge in [0.2, 0.25) is 5.91 Å². The highest BCUT2D eigenvalue weighted by atomic mass is 127. The number of esters is 1. The molecule has 0 spiro atoms. The van der Waals surface area contributed by atoms with Crippen LogP contribution in [0.5, 0.6) is 0 Å². The summed E-state index contributed by atoms with van der Waals surface area (Å²) < 4.78 is 18.3. The zero-order valence-corrected chi connectivity index (χ0v) is 18.6. The Hall–Kier alpha value is -1.91. The summed E-state index contributed by atoms with van der Waals surface area (Å²) in [5, 5.41) is 5.78. The number of hydrogen-bond donors (Lipinski definition) is 2. The first-order valence-electron chi connectivity index (χ1n) is 9.28. The third-order valence-corrected chi connectivity index (χ3v) is 4.16. The Morgan fingerprint density at radius 1 is 1.36 bits per heavy atom. The molecule has 1 amide bonds. The molecule has 1 aliphatic heterocycles. The first-order chi connectivity index (χ1) is 13.0. The molecule has 1 saturated heterocycles. The summed E-state index contributed by atoms with van der Waals surface area (Å²) in [5.74, 6) is -0.551. The fourth-order valence-corrected chi connectivity index (χ4v) is 2.96. The summed E-state index contributed by atoms with van der Waals surface area (Å²) in [6.45, 7) is 5.91. The SMILES string of the molecule is CCNC(=NCC(=O)Nc1cccc(F)c1)N1CCCC(C(=O)OCC)C1.I. The standard InChI is InChI=1S/C19H27FN4O3.HI/c1-3-21-19(24-10-6-7-14(13-24)18(26)27-4-2)22-12-17(25)23-16-9-5-8-15(20)11-16;/h5,8-9,11,14H,3-4,6-7,10,12-13H2,1-2H3,(H,21,22)(H,23,25);1H. The molecule has 1 aliphatic rings. The van der Waals surface area contributed by atoms with Gasteiger partial charge in [-0.1, -0.05) is 6.07 Å². The monoisotopic (exact) mass is 506 g/mol. The Balaban J connectivity index is 0.00000392. The van der Waals surface area contributed by atoms with Gasteiger partial charge < -0.3 is 20.3 Å². The zero-order chi connectivity index (χ0) is 19.6. The number of carbonyl (C=O) groups is 2. The number of nitrogens with one attached hydrogen (secondary N) is 2. The van der Waals surface area contributed by atoms with Crippen LogP contribution in [0.2, 0.25) is 0 Å². The minimum atomic E-state index is -0.414. The Kier molecular flexibility index (Phi) is 10.8. The molecule has 9 heteroatoms. The molecular formula is C19H28FIN4O3. The normalized spacial score (nSPS) is 16.8. The van der Waals surface area contributed by atoms with Crippen LogP contribution in [0, 0.1) is 11.7 Å². The average molecular weight is 506 g/mol. The van der Waals surface area contributed by atoms with Crippen LogP contribution < -0.4 is 10.6 Å². The average Bonchev–Trinajstić information content (AvgIpc) is 2.65. The second-order valence-electron chi connectivity index (χ2n) is 6.27. The van der Waals surface area contributed by atoms with Crippen molar-refractivity contribution in [2.75, 3.05) is 38.1 Å². The number of likely N-dealkylation sites (tertiary alicyclic amines) is 1. The van der Waals surface area contributed by atoms with Gasteiger partial charge in [-0.05, 0) is 44.9 Å². The van der Waals surface area contributed by atoms with Crippen LogP contribution >= 0.6 is 24.0 Å². The summed E-state index contributed by atoms with van der Waals surface area (Å²) in [7, 11) is 0. The number of amides is 1. The number of benzene rings is 1. The lowest BCUT2D eigenvalue weighted by molar-refractivity contribution is -0.149. The maximum atomic E-state index is 13.2. The predicted molar refractivity (Wildman–Crippen MR) is 117 cm³/mol. The third-order valence-electron chi connectivity index (χ3n) is 4.16. The number of guanidine groups is 1. The number of carbonyl (C=O) groups excluding carboxylic acids is 2. The lowest BCUT2D eigenvalue weighted by Gasteiger charge is -2.33. The Morgan fingerprint density at radius 3 is 2.82 bits per heavy atom. The van der Waals surface area contributed by atoms with Gasteiger partial charge in [0.05, 0.1) is 12.5 Å². The number of ether oxygens (including phenoxy) is 1. The van der Waals surface area contributed by atoms with Crippen LogP contribution in [0.15, 0.2) is 29.3 Å². The highest BCUT2D eigenvalue weighted by molar-refractivity contribution is 14.0. The molecule has 7 nitrogen and oxygen atoms in total. The first-order valence-corrected chi connectivity index (χ1v) is 9.28.